The van der Waals surface area contributed by atoms with E-state index in [2.05, 4.69) is 5.32 Å². The number of esters is 1. The molecule has 1 N–H and O–H groups in total. The van der Waals surface area contributed by atoms with Gasteiger partial charge in [-0.1, -0.05) is 36.4 Å². The Bertz CT molecular complexity index is 677. The predicted molar refractivity (Wildman–Crippen MR) is 97.4 cm³/mol. The Morgan fingerprint density at radius 1 is 1.12 bits per heavy atom. The molecule has 0 bridgehead atoms. The molecule has 0 radical (unpaired) electrons. The molecule has 2 rings (SSSR count). The number of benzene rings is 1. The molecule has 5 nitrogen and oxygen atoms in total. The first-order chi connectivity index (χ1) is 11.8. The monoisotopic (exact) mass is 361 g/mol. The number of alkyl carbamates (subject to hydrolysis) is 1. The van der Waals surface area contributed by atoms with Crippen molar-refractivity contribution in [2.24, 2.45) is 0 Å². The zero-order chi connectivity index (χ0) is 18.3. The molecule has 0 spiro atoms. The third-order valence-corrected chi connectivity index (χ3v) is 4.08. The number of nitrogens with one attached hydrogen (secondary N) is 1. The highest BCUT2D eigenvalue weighted by Gasteiger charge is 2.26. The Kier molecular flexibility index (Phi) is 6.58. The van der Waals surface area contributed by atoms with Crippen molar-refractivity contribution in [2.75, 3.05) is 0 Å². The van der Waals surface area contributed by atoms with Crippen molar-refractivity contribution < 1.29 is 19.1 Å². The molecule has 25 heavy (non-hydrogen) atoms. The summed E-state index contributed by atoms with van der Waals surface area (Å²) >= 11 is 1.52. The Hall–Kier alpha value is -2.34. The molecule has 6 heteroatoms. The highest BCUT2D eigenvalue weighted by atomic mass is 32.1. The van der Waals surface area contributed by atoms with Crippen LogP contribution in [0.25, 0.3) is 0 Å². The molecule has 2 aromatic rings. The van der Waals surface area contributed by atoms with Crippen LogP contribution in [0.15, 0.2) is 47.8 Å². The molecule has 0 aliphatic heterocycles. The second kappa shape index (κ2) is 8.67. The summed E-state index contributed by atoms with van der Waals surface area (Å²) in [6, 6.07) is 12.4. The van der Waals surface area contributed by atoms with Gasteiger partial charge in [-0.15, -0.1) is 11.3 Å². The van der Waals surface area contributed by atoms with E-state index in [1.165, 1.54) is 11.3 Å². The Labute approximate surface area is 152 Å². The molecule has 1 heterocycles. The van der Waals surface area contributed by atoms with Crippen LogP contribution in [-0.2, 0) is 27.3 Å². The third kappa shape index (κ3) is 6.97. The van der Waals surface area contributed by atoms with Gasteiger partial charge < -0.3 is 14.8 Å². The van der Waals surface area contributed by atoms with Gasteiger partial charge in [0.15, 0.2) is 0 Å². The highest BCUT2D eigenvalue weighted by molar-refractivity contribution is 7.09. The molecule has 0 aliphatic carbocycles. The van der Waals surface area contributed by atoms with Crippen molar-refractivity contribution in [2.45, 2.75) is 45.4 Å². The van der Waals surface area contributed by atoms with E-state index in [9.17, 15) is 9.59 Å². The average Bonchev–Trinajstić information content (AvgIpc) is 3.04. The molecule has 1 amide bonds. The van der Waals surface area contributed by atoms with Crippen molar-refractivity contribution in [1.82, 2.24) is 5.32 Å². The predicted octanol–water partition coefficient (Wildman–Crippen LogP) is 3.93. The minimum absolute atomic E-state index is 0.163. The van der Waals surface area contributed by atoms with Gasteiger partial charge in [0.2, 0.25) is 0 Å². The fraction of sp³-hybridized carbons (Fsp3) is 0.368. The Morgan fingerprint density at radius 2 is 1.84 bits per heavy atom. The standard InChI is InChI=1S/C19H23NO4S/c1-19(2,3)24-18(22)20-16(12-15-10-7-11-25-15)17(21)23-13-14-8-5-4-6-9-14/h4-11,16H,12-13H2,1-3H3,(H,20,22)/t16-/m0/s1. The SMILES string of the molecule is CC(C)(C)OC(=O)N[C@@H](Cc1cccs1)C(=O)OCc1ccccc1. The fourth-order valence-corrected chi connectivity index (χ4v) is 2.85. The molecule has 134 valence electrons. The minimum Gasteiger partial charge on any atom is -0.459 e. The number of carbonyl (C=O) groups is 2. The van der Waals surface area contributed by atoms with Crippen molar-refractivity contribution in [3.05, 3.63) is 58.3 Å². The number of ether oxygens (including phenoxy) is 2. The van der Waals surface area contributed by atoms with Gasteiger partial charge in [-0.3, -0.25) is 0 Å². The number of rotatable bonds is 6. The second-order valence-electron chi connectivity index (χ2n) is 6.58. The maximum Gasteiger partial charge on any atom is 0.408 e. The summed E-state index contributed by atoms with van der Waals surface area (Å²) in [6.07, 6.45) is -0.268. The first-order valence-corrected chi connectivity index (χ1v) is 8.94. The number of amides is 1. The summed E-state index contributed by atoms with van der Waals surface area (Å²) in [6.45, 7) is 5.48. The van der Waals surface area contributed by atoms with Gasteiger partial charge in [-0.25, -0.2) is 9.59 Å². The number of thiophene rings is 1. The fourth-order valence-electron chi connectivity index (χ4n) is 2.10. The maximum absolute atomic E-state index is 12.5. The van der Waals surface area contributed by atoms with Gasteiger partial charge in [-0.2, -0.15) is 0 Å². The lowest BCUT2D eigenvalue weighted by Gasteiger charge is -2.22. The number of carbonyl (C=O) groups excluding carboxylic acids is 2. The zero-order valence-corrected chi connectivity index (χ0v) is 15.5. The lowest BCUT2D eigenvalue weighted by molar-refractivity contribution is -0.147. The molecule has 0 saturated heterocycles. The third-order valence-electron chi connectivity index (χ3n) is 3.18. The van der Waals surface area contributed by atoms with Gasteiger partial charge in [-0.05, 0) is 37.8 Å². The van der Waals surface area contributed by atoms with Crippen LogP contribution >= 0.6 is 11.3 Å². The summed E-state index contributed by atoms with van der Waals surface area (Å²) in [5.41, 5.74) is 0.258. The van der Waals surface area contributed by atoms with E-state index < -0.39 is 23.7 Å². The van der Waals surface area contributed by atoms with E-state index in [1.807, 2.05) is 47.8 Å². The summed E-state index contributed by atoms with van der Waals surface area (Å²) in [5, 5.41) is 4.54. The van der Waals surface area contributed by atoms with Gasteiger partial charge >= 0.3 is 12.1 Å². The molecular formula is C19H23NO4S. The molecule has 1 aromatic carbocycles. The number of hydrogen-bond acceptors (Lipinski definition) is 5. The van der Waals surface area contributed by atoms with Crippen LogP contribution in [0.4, 0.5) is 4.79 Å². The van der Waals surface area contributed by atoms with Crippen LogP contribution in [0.3, 0.4) is 0 Å². The second-order valence-corrected chi connectivity index (χ2v) is 7.61. The molecule has 1 aromatic heterocycles. The van der Waals surface area contributed by atoms with Crippen molar-refractivity contribution in [3.8, 4) is 0 Å². The smallest absolute Gasteiger partial charge is 0.408 e. The summed E-state index contributed by atoms with van der Waals surface area (Å²) in [7, 11) is 0. The van der Waals surface area contributed by atoms with Gasteiger partial charge in [0.05, 0.1) is 0 Å². The normalized spacial score (nSPS) is 12.3. The van der Waals surface area contributed by atoms with Crippen LogP contribution in [0.2, 0.25) is 0 Å². The van der Waals surface area contributed by atoms with Gasteiger partial charge in [0.1, 0.15) is 18.2 Å². The lowest BCUT2D eigenvalue weighted by atomic mass is 10.2. The lowest BCUT2D eigenvalue weighted by Crippen LogP contribution is -2.45. The van der Waals surface area contributed by atoms with Crippen LogP contribution < -0.4 is 5.32 Å². The Morgan fingerprint density at radius 3 is 2.44 bits per heavy atom. The Balaban J connectivity index is 1.99. The molecule has 1 atom stereocenters. The van der Waals surface area contributed by atoms with E-state index in [1.54, 1.807) is 20.8 Å². The van der Waals surface area contributed by atoms with Gasteiger partial charge in [0, 0.05) is 11.3 Å². The number of hydrogen-bond donors (Lipinski definition) is 1. The summed E-state index contributed by atoms with van der Waals surface area (Å²) in [4.78, 5) is 25.5. The maximum atomic E-state index is 12.5. The van der Waals surface area contributed by atoms with Crippen molar-refractivity contribution in [3.63, 3.8) is 0 Å². The quantitative estimate of drug-likeness (QED) is 0.792. The topological polar surface area (TPSA) is 64.6 Å². The first-order valence-electron chi connectivity index (χ1n) is 8.06. The van der Waals surface area contributed by atoms with E-state index in [4.69, 9.17) is 9.47 Å². The summed E-state index contributed by atoms with van der Waals surface area (Å²) in [5.74, 6) is -0.483. The molecule has 0 saturated carbocycles. The van der Waals surface area contributed by atoms with Crippen LogP contribution in [-0.4, -0.2) is 23.7 Å². The molecule has 0 aliphatic rings. The first kappa shape index (κ1) is 19.0. The van der Waals surface area contributed by atoms with E-state index in [0.717, 1.165) is 10.4 Å². The van der Waals surface area contributed by atoms with Crippen LogP contribution in [0.5, 0.6) is 0 Å². The van der Waals surface area contributed by atoms with Crippen LogP contribution in [0.1, 0.15) is 31.2 Å². The summed E-state index contributed by atoms with van der Waals surface area (Å²) < 4.78 is 10.6. The largest absolute Gasteiger partial charge is 0.459 e. The van der Waals surface area contributed by atoms with E-state index in [0.29, 0.717) is 6.42 Å². The molecule has 0 unspecified atom stereocenters. The van der Waals surface area contributed by atoms with Crippen molar-refractivity contribution >= 4 is 23.4 Å². The van der Waals surface area contributed by atoms with E-state index >= 15 is 0 Å². The highest BCUT2D eigenvalue weighted by Crippen LogP contribution is 2.14. The van der Waals surface area contributed by atoms with Gasteiger partial charge in [0.25, 0.3) is 0 Å². The molecule has 0 fully saturated rings. The zero-order valence-electron chi connectivity index (χ0n) is 14.7. The molecular weight excluding hydrogens is 338 g/mol. The average molecular weight is 361 g/mol. The minimum atomic E-state index is -0.794. The van der Waals surface area contributed by atoms with Crippen LogP contribution in [0, 0.1) is 0 Å². The van der Waals surface area contributed by atoms with E-state index in [-0.39, 0.29) is 6.61 Å². The van der Waals surface area contributed by atoms with Crippen molar-refractivity contribution in [1.29, 1.82) is 0 Å².